The lowest BCUT2D eigenvalue weighted by molar-refractivity contribution is 0.104. The summed E-state index contributed by atoms with van der Waals surface area (Å²) in [6.07, 6.45) is 1.77. The number of anilines is 1. The molecule has 0 fully saturated rings. The van der Waals surface area contributed by atoms with Gasteiger partial charge in [0, 0.05) is 35.6 Å². The second kappa shape index (κ2) is 12.3. The molecule has 1 atom stereocenters. The Kier molecular flexibility index (Phi) is 9.13. The van der Waals surface area contributed by atoms with Crippen LogP contribution in [0.2, 0.25) is 0 Å². The van der Waals surface area contributed by atoms with Gasteiger partial charge in [-0.3, -0.25) is 10.1 Å². The number of carbonyl (C=O) groups excluding carboxylic acids is 1. The number of methoxy groups -OCH3 is 1. The third-order valence-corrected chi connectivity index (χ3v) is 5.76. The maximum atomic E-state index is 13.4. The van der Waals surface area contributed by atoms with E-state index in [1.807, 2.05) is 52.8 Å². The molecule has 0 saturated carbocycles. The largest absolute Gasteiger partial charge is 0.382 e. The van der Waals surface area contributed by atoms with E-state index in [-0.39, 0.29) is 17.9 Å². The van der Waals surface area contributed by atoms with Gasteiger partial charge in [-0.15, -0.1) is 0 Å². The molecule has 2 aromatic heterocycles. The number of rotatable bonds is 5. The third kappa shape index (κ3) is 5.54. The van der Waals surface area contributed by atoms with Crippen LogP contribution in [0, 0.1) is 12.7 Å². The topological polar surface area (TPSA) is 83.1 Å². The SMILES string of the molecule is CC.CC.COC[C@H](c1ccc(F)cc1)N1Cc2cc3c(-c4ccnc(C)c4)n[nH]c3cc2NC1=O. The number of aromatic nitrogens is 3. The number of benzene rings is 2. The highest BCUT2D eigenvalue weighted by molar-refractivity contribution is 6.00. The number of amides is 2. The molecule has 7 nitrogen and oxygen atoms in total. The van der Waals surface area contributed by atoms with Crippen LogP contribution in [0.25, 0.3) is 22.2 Å². The van der Waals surface area contributed by atoms with Gasteiger partial charge in [-0.05, 0) is 54.4 Å². The molecule has 0 bridgehead atoms. The van der Waals surface area contributed by atoms with E-state index in [0.717, 1.165) is 44.7 Å². The number of pyridine rings is 1. The van der Waals surface area contributed by atoms with Gasteiger partial charge in [0.1, 0.15) is 11.5 Å². The van der Waals surface area contributed by atoms with Gasteiger partial charge < -0.3 is 15.0 Å². The van der Waals surface area contributed by atoms with Crippen molar-refractivity contribution in [3.63, 3.8) is 0 Å². The number of nitrogens with zero attached hydrogens (tertiary/aromatic N) is 3. The molecule has 2 aromatic carbocycles. The fourth-order valence-corrected chi connectivity index (χ4v) is 4.17. The van der Waals surface area contributed by atoms with E-state index in [9.17, 15) is 9.18 Å². The monoisotopic (exact) mass is 491 g/mol. The molecule has 2 amide bonds. The quantitative estimate of drug-likeness (QED) is 0.319. The van der Waals surface area contributed by atoms with Crippen LogP contribution in [0.5, 0.6) is 0 Å². The van der Waals surface area contributed by atoms with Crippen molar-refractivity contribution in [1.29, 1.82) is 0 Å². The number of urea groups is 1. The highest BCUT2D eigenvalue weighted by Gasteiger charge is 2.31. The molecule has 0 spiro atoms. The van der Waals surface area contributed by atoms with E-state index in [1.165, 1.54) is 12.1 Å². The molecule has 1 aliphatic rings. The van der Waals surface area contributed by atoms with Crippen molar-refractivity contribution in [1.82, 2.24) is 20.1 Å². The molecule has 36 heavy (non-hydrogen) atoms. The van der Waals surface area contributed by atoms with Crippen LogP contribution in [-0.4, -0.2) is 39.8 Å². The fraction of sp³-hybridized carbons (Fsp3) is 0.321. The zero-order chi connectivity index (χ0) is 26.2. The summed E-state index contributed by atoms with van der Waals surface area (Å²) in [5.74, 6) is -0.320. The van der Waals surface area contributed by atoms with Gasteiger partial charge in [-0.2, -0.15) is 5.10 Å². The van der Waals surface area contributed by atoms with Crippen LogP contribution in [0.15, 0.2) is 54.7 Å². The number of nitrogens with one attached hydrogen (secondary N) is 2. The van der Waals surface area contributed by atoms with Crippen molar-refractivity contribution in [2.45, 2.75) is 47.2 Å². The Bertz CT molecular complexity index is 1300. The Morgan fingerprint density at radius 2 is 1.81 bits per heavy atom. The van der Waals surface area contributed by atoms with Crippen LogP contribution in [0.1, 0.15) is 50.6 Å². The Hall–Kier alpha value is -3.78. The molecule has 0 aliphatic carbocycles. The maximum Gasteiger partial charge on any atom is 0.322 e. The number of hydrogen-bond donors (Lipinski definition) is 2. The molecule has 4 aromatic rings. The molecule has 0 unspecified atom stereocenters. The van der Waals surface area contributed by atoms with Gasteiger partial charge in [0.05, 0.1) is 24.7 Å². The summed E-state index contributed by atoms with van der Waals surface area (Å²) in [7, 11) is 1.59. The first-order valence-electron chi connectivity index (χ1n) is 12.3. The first-order valence-corrected chi connectivity index (χ1v) is 12.3. The van der Waals surface area contributed by atoms with Crippen molar-refractivity contribution in [3.05, 3.63) is 77.4 Å². The lowest BCUT2D eigenvalue weighted by Gasteiger charge is -2.36. The molecule has 3 heterocycles. The second-order valence-corrected chi connectivity index (χ2v) is 7.89. The zero-order valence-electron chi connectivity index (χ0n) is 21.7. The summed E-state index contributed by atoms with van der Waals surface area (Å²) in [5.41, 5.74) is 6.09. The van der Waals surface area contributed by atoms with E-state index < -0.39 is 0 Å². The van der Waals surface area contributed by atoms with Gasteiger partial charge >= 0.3 is 6.03 Å². The Morgan fingerprint density at radius 1 is 1.08 bits per heavy atom. The molecular formula is C28H34FN5O2. The molecule has 190 valence electrons. The van der Waals surface area contributed by atoms with Crippen LogP contribution in [0.4, 0.5) is 14.9 Å². The van der Waals surface area contributed by atoms with Crippen molar-refractivity contribution >= 4 is 22.6 Å². The van der Waals surface area contributed by atoms with Crippen LogP contribution >= 0.6 is 0 Å². The Balaban J connectivity index is 0.000000861. The number of H-pyrrole nitrogens is 1. The van der Waals surface area contributed by atoms with Gasteiger partial charge in [0.15, 0.2) is 0 Å². The summed E-state index contributed by atoms with van der Waals surface area (Å²) in [6.45, 7) is 10.6. The second-order valence-electron chi connectivity index (χ2n) is 7.89. The highest BCUT2D eigenvalue weighted by atomic mass is 19.1. The Labute approximate surface area is 211 Å². The van der Waals surface area contributed by atoms with Gasteiger partial charge in [-0.1, -0.05) is 39.8 Å². The molecule has 2 N–H and O–H groups in total. The highest BCUT2D eigenvalue weighted by Crippen LogP contribution is 2.35. The number of fused-ring (bicyclic) bond motifs is 2. The smallest absolute Gasteiger partial charge is 0.322 e. The average molecular weight is 492 g/mol. The van der Waals surface area contributed by atoms with E-state index >= 15 is 0 Å². The average Bonchev–Trinajstić information content (AvgIpc) is 3.31. The first-order chi connectivity index (χ1) is 17.5. The molecule has 0 radical (unpaired) electrons. The minimum Gasteiger partial charge on any atom is -0.382 e. The molecule has 8 heteroatoms. The summed E-state index contributed by atoms with van der Waals surface area (Å²) in [6, 6.07) is 13.5. The molecule has 0 saturated heterocycles. The van der Waals surface area contributed by atoms with Crippen molar-refractivity contribution in [2.24, 2.45) is 0 Å². The predicted octanol–water partition coefficient (Wildman–Crippen LogP) is 6.86. The number of aryl methyl sites for hydroxylation is 1. The number of halogens is 1. The third-order valence-electron chi connectivity index (χ3n) is 5.76. The van der Waals surface area contributed by atoms with Gasteiger partial charge in [-0.25, -0.2) is 9.18 Å². The van der Waals surface area contributed by atoms with Crippen LogP contribution in [-0.2, 0) is 11.3 Å². The van der Waals surface area contributed by atoms with Crippen molar-refractivity contribution < 1.29 is 13.9 Å². The Morgan fingerprint density at radius 3 is 2.47 bits per heavy atom. The standard InChI is InChI=1S/C24H22FN5O2.2C2H6/c1-14-9-16(7-8-26-14)23-19-10-17-12-30(24(31)27-20(17)11-21(19)28-29-23)22(13-32-2)15-3-5-18(25)6-4-15;2*1-2/h3-11,22H,12-13H2,1-2H3,(H,27,31)(H,28,29);2*1-2H3/t22-;;/m1../s1. The zero-order valence-corrected chi connectivity index (χ0v) is 21.7. The summed E-state index contributed by atoms with van der Waals surface area (Å²) >= 11 is 0. The summed E-state index contributed by atoms with van der Waals surface area (Å²) in [5, 5.41) is 11.5. The number of carbonyl (C=O) groups is 1. The van der Waals surface area contributed by atoms with Gasteiger partial charge in [0.25, 0.3) is 0 Å². The minimum atomic E-state index is -0.351. The lowest BCUT2D eigenvalue weighted by Crippen LogP contribution is -2.42. The molecule has 5 rings (SSSR count). The number of hydrogen-bond acceptors (Lipinski definition) is 4. The van der Waals surface area contributed by atoms with Crippen molar-refractivity contribution in [3.8, 4) is 11.3 Å². The summed E-state index contributed by atoms with van der Waals surface area (Å²) < 4.78 is 18.8. The lowest BCUT2D eigenvalue weighted by atomic mass is 10.0. The first kappa shape index (κ1) is 26.8. The van der Waals surface area contributed by atoms with E-state index in [1.54, 1.807) is 30.3 Å². The van der Waals surface area contributed by atoms with E-state index in [0.29, 0.717) is 13.2 Å². The van der Waals surface area contributed by atoms with Crippen LogP contribution < -0.4 is 5.32 Å². The van der Waals surface area contributed by atoms with Crippen molar-refractivity contribution in [2.75, 3.05) is 19.0 Å². The van der Waals surface area contributed by atoms with E-state index in [2.05, 4.69) is 26.6 Å². The minimum absolute atomic E-state index is 0.229. The van der Waals surface area contributed by atoms with Gasteiger partial charge in [0.2, 0.25) is 0 Å². The number of aromatic amines is 1. The van der Waals surface area contributed by atoms with Crippen LogP contribution in [0.3, 0.4) is 0 Å². The predicted molar refractivity (Wildman–Crippen MR) is 142 cm³/mol. The fourth-order valence-electron chi connectivity index (χ4n) is 4.17. The number of ether oxygens (including phenoxy) is 1. The summed E-state index contributed by atoms with van der Waals surface area (Å²) in [4.78, 5) is 18.9. The van der Waals surface area contributed by atoms with E-state index in [4.69, 9.17) is 4.74 Å². The molecule has 1 aliphatic heterocycles. The molecular weight excluding hydrogens is 457 g/mol. The maximum absolute atomic E-state index is 13.4. The normalized spacial score (nSPS) is 13.1.